The van der Waals surface area contributed by atoms with Crippen LogP contribution in [0.25, 0.3) is 11.5 Å². The lowest BCUT2D eigenvalue weighted by Crippen LogP contribution is -2.26. The van der Waals surface area contributed by atoms with Gasteiger partial charge in [-0.1, -0.05) is 23.8 Å². The van der Waals surface area contributed by atoms with E-state index in [2.05, 4.69) is 10.3 Å². The van der Waals surface area contributed by atoms with Crippen molar-refractivity contribution in [1.82, 2.24) is 10.3 Å². The van der Waals surface area contributed by atoms with Crippen molar-refractivity contribution in [2.75, 3.05) is 20.8 Å². The summed E-state index contributed by atoms with van der Waals surface area (Å²) in [7, 11) is 3.20. The standard InChI is InChI=1S/C22H24N2O4/c1-14-5-8-17(9-6-14)22-24-20(15(2)28-22)21(25)23-12-11-16-7-10-18(26-3)19(13-16)27-4/h5-10,13H,11-12H2,1-4H3,(H,23,25). The molecule has 0 saturated heterocycles. The third kappa shape index (κ3) is 4.34. The Morgan fingerprint density at radius 1 is 1.04 bits per heavy atom. The fourth-order valence-corrected chi connectivity index (χ4v) is 2.87. The molecule has 0 aliphatic carbocycles. The Hall–Kier alpha value is -3.28. The van der Waals surface area contributed by atoms with Gasteiger partial charge in [-0.15, -0.1) is 0 Å². The predicted molar refractivity (Wildman–Crippen MR) is 107 cm³/mol. The zero-order chi connectivity index (χ0) is 20.1. The number of nitrogens with one attached hydrogen (secondary N) is 1. The maximum absolute atomic E-state index is 12.5. The minimum atomic E-state index is -0.250. The Balaban J connectivity index is 1.63. The lowest BCUT2D eigenvalue weighted by molar-refractivity contribution is 0.0948. The first-order valence-electron chi connectivity index (χ1n) is 9.05. The summed E-state index contributed by atoms with van der Waals surface area (Å²) in [6, 6.07) is 13.5. The summed E-state index contributed by atoms with van der Waals surface area (Å²) in [5, 5.41) is 2.89. The van der Waals surface area contributed by atoms with Gasteiger partial charge in [0.05, 0.1) is 14.2 Å². The Kier molecular flexibility index (Phi) is 5.99. The van der Waals surface area contributed by atoms with Crippen molar-refractivity contribution >= 4 is 5.91 Å². The van der Waals surface area contributed by atoms with E-state index in [1.54, 1.807) is 21.1 Å². The number of oxazole rings is 1. The van der Waals surface area contributed by atoms with Crippen molar-refractivity contribution in [2.45, 2.75) is 20.3 Å². The number of aromatic nitrogens is 1. The molecule has 0 atom stereocenters. The fourth-order valence-electron chi connectivity index (χ4n) is 2.87. The highest BCUT2D eigenvalue weighted by Crippen LogP contribution is 2.27. The summed E-state index contributed by atoms with van der Waals surface area (Å²) in [6.45, 7) is 4.23. The van der Waals surface area contributed by atoms with E-state index in [0.717, 1.165) is 16.7 Å². The van der Waals surface area contributed by atoms with E-state index in [-0.39, 0.29) is 5.91 Å². The lowest BCUT2D eigenvalue weighted by Gasteiger charge is -2.10. The highest BCUT2D eigenvalue weighted by atomic mass is 16.5. The quantitative estimate of drug-likeness (QED) is 0.672. The topological polar surface area (TPSA) is 73.6 Å². The fraction of sp³-hybridized carbons (Fsp3) is 0.273. The molecule has 0 saturated carbocycles. The summed E-state index contributed by atoms with van der Waals surface area (Å²) >= 11 is 0. The van der Waals surface area contributed by atoms with E-state index in [1.165, 1.54) is 0 Å². The van der Waals surface area contributed by atoms with Gasteiger partial charge in [-0.2, -0.15) is 0 Å². The van der Waals surface area contributed by atoms with E-state index in [0.29, 0.717) is 41.8 Å². The van der Waals surface area contributed by atoms with Crippen LogP contribution in [0.15, 0.2) is 46.9 Å². The number of hydrogen-bond acceptors (Lipinski definition) is 5. The SMILES string of the molecule is COc1ccc(CCNC(=O)c2nc(-c3ccc(C)cc3)oc2C)cc1OC. The average Bonchev–Trinajstić information content (AvgIpc) is 3.10. The number of nitrogens with zero attached hydrogens (tertiary/aromatic N) is 1. The van der Waals surface area contributed by atoms with Crippen molar-refractivity contribution in [1.29, 1.82) is 0 Å². The summed E-state index contributed by atoms with van der Waals surface area (Å²) in [5.41, 5.74) is 3.34. The van der Waals surface area contributed by atoms with Crippen LogP contribution in [-0.4, -0.2) is 31.7 Å². The van der Waals surface area contributed by atoms with Gasteiger partial charge in [-0.25, -0.2) is 4.98 Å². The first-order valence-corrected chi connectivity index (χ1v) is 9.05. The Morgan fingerprint density at radius 2 is 1.75 bits per heavy atom. The Morgan fingerprint density at radius 3 is 2.43 bits per heavy atom. The van der Waals surface area contributed by atoms with Crippen LogP contribution in [0.2, 0.25) is 0 Å². The smallest absolute Gasteiger partial charge is 0.273 e. The molecule has 0 aliphatic rings. The summed E-state index contributed by atoms with van der Waals surface area (Å²) < 4.78 is 16.2. The monoisotopic (exact) mass is 380 g/mol. The van der Waals surface area contributed by atoms with Gasteiger partial charge < -0.3 is 19.2 Å². The highest BCUT2D eigenvalue weighted by molar-refractivity contribution is 5.93. The average molecular weight is 380 g/mol. The van der Waals surface area contributed by atoms with Crippen molar-refractivity contribution in [3.8, 4) is 23.0 Å². The van der Waals surface area contributed by atoms with Crippen molar-refractivity contribution in [3.05, 3.63) is 65.0 Å². The molecule has 146 valence electrons. The molecule has 0 fully saturated rings. The highest BCUT2D eigenvalue weighted by Gasteiger charge is 2.17. The Bertz CT molecular complexity index is 961. The van der Waals surface area contributed by atoms with Crippen LogP contribution < -0.4 is 14.8 Å². The third-order valence-corrected chi connectivity index (χ3v) is 4.46. The van der Waals surface area contributed by atoms with Gasteiger partial charge in [0, 0.05) is 12.1 Å². The minimum absolute atomic E-state index is 0.250. The van der Waals surface area contributed by atoms with E-state index in [9.17, 15) is 4.79 Å². The van der Waals surface area contributed by atoms with Crippen molar-refractivity contribution in [3.63, 3.8) is 0 Å². The van der Waals surface area contributed by atoms with E-state index in [1.807, 2.05) is 49.4 Å². The number of hydrogen-bond donors (Lipinski definition) is 1. The molecule has 0 bridgehead atoms. The van der Waals surface area contributed by atoms with Gasteiger partial charge in [0.1, 0.15) is 5.76 Å². The van der Waals surface area contributed by atoms with Gasteiger partial charge in [0.15, 0.2) is 17.2 Å². The third-order valence-electron chi connectivity index (χ3n) is 4.46. The minimum Gasteiger partial charge on any atom is -0.493 e. The van der Waals surface area contributed by atoms with Crippen molar-refractivity contribution < 1.29 is 18.7 Å². The van der Waals surface area contributed by atoms with Crippen LogP contribution in [-0.2, 0) is 6.42 Å². The van der Waals surface area contributed by atoms with Crippen LogP contribution in [0.4, 0.5) is 0 Å². The van der Waals surface area contributed by atoms with Crippen LogP contribution in [0.1, 0.15) is 27.4 Å². The van der Waals surface area contributed by atoms with Gasteiger partial charge in [-0.05, 0) is 50.1 Å². The second kappa shape index (κ2) is 8.61. The molecule has 28 heavy (non-hydrogen) atoms. The molecule has 0 aliphatic heterocycles. The van der Waals surface area contributed by atoms with Crippen molar-refractivity contribution in [2.24, 2.45) is 0 Å². The number of methoxy groups -OCH3 is 2. The molecule has 3 aromatic rings. The first-order chi connectivity index (χ1) is 13.5. The Labute approximate surface area is 164 Å². The van der Waals surface area contributed by atoms with E-state index in [4.69, 9.17) is 13.9 Å². The molecule has 0 spiro atoms. The number of ether oxygens (including phenoxy) is 2. The number of amides is 1. The number of benzene rings is 2. The van der Waals surface area contributed by atoms with Gasteiger partial charge >= 0.3 is 0 Å². The molecule has 3 rings (SSSR count). The summed E-state index contributed by atoms with van der Waals surface area (Å²) in [5.74, 6) is 2.04. The number of carbonyl (C=O) groups is 1. The van der Waals surface area contributed by atoms with Gasteiger partial charge in [0.25, 0.3) is 5.91 Å². The molecule has 1 heterocycles. The molecule has 0 radical (unpaired) electrons. The van der Waals surface area contributed by atoms with Gasteiger partial charge in [-0.3, -0.25) is 4.79 Å². The molecule has 0 unspecified atom stereocenters. The molecule has 6 nitrogen and oxygen atoms in total. The van der Waals surface area contributed by atoms with Crippen LogP contribution in [0.3, 0.4) is 0 Å². The van der Waals surface area contributed by atoms with Crippen LogP contribution in [0, 0.1) is 13.8 Å². The maximum Gasteiger partial charge on any atom is 0.273 e. The maximum atomic E-state index is 12.5. The largest absolute Gasteiger partial charge is 0.493 e. The summed E-state index contributed by atoms with van der Waals surface area (Å²) in [4.78, 5) is 16.9. The molecular formula is C22H24N2O4. The molecular weight excluding hydrogens is 356 g/mol. The zero-order valence-corrected chi connectivity index (χ0v) is 16.5. The molecule has 1 amide bonds. The van der Waals surface area contributed by atoms with Crippen LogP contribution >= 0.6 is 0 Å². The normalized spacial score (nSPS) is 10.6. The first kappa shape index (κ1) is 19.5. The number of rotatable bonds is 7. The summed E-state index contributed by atoms with van der Waals surface area (Å²) in [6.07, 6.45) is 0.661. The molecule has 6 heteroatoms. The number of aryl methyl sites for hydroxylation is 2. The number of carbonyl (C=O) groups excluding carboxylic acids is 1. The molecule has 1 aromatic heterocycles. The second-order valence-electron chi connectivity index (χ2n) is 6.49. The van der Waals surface area contributed by atoms with E-state index >= 15 is 0 Å². The molecule has 1 N–H and O–H groups in total. The predicted octanol–water partition coefficient (Wildman–Crippen LogP) is 3.95. The van der Waals surface area contributed by atoms with Gasteiger partial charge in [0.2, 0.25) is 5.89 Å². The zero-order valence-electron chi connectivity index (χ0n) is 16.5. The van der Waals surface area contributed by atoms with Crippen LogP contribution in [0.5, 0.6) is 11.5 Å². The second-order valence-corrected chi connectivity index (χ2v) is 6.49. The molecule has 2 aromatic carbocycles. The lowest BCUT2D eigenvalue weighted by atomic mass is 10.1. The van der Waals surface area contributed by atoms with E-state index < -0.39 is 0 Å².